The summed E-state index contributed by atoms with van der Waals surface area (Å²) in [4.78, 5) is 19.2. The van der Waals surface area contributed by atoms with Crippen LogP contribution in [0.2, 0.25) is 5.02 Å². The summed E-state index contributed by atoms with van der Waals surface area (Å²) in [7, 11) is 3.52. The van der Waals surface area contributed by atoms with Gasteiger partial charge in [0.15, 0.2) is 11.5 Å². The lowest BCUT2D eigenvalue weighted by atomic mass is 10.0. The highest BCUT2D eigenvalue weighted by molar-refractivity contribution is 6.32. The Hall–Kier alpha value is -2.53. The molecule has 0 spiro atoms. The molecule has 0 amide bonds. The first-order valence-electron chi connectivity index (χ1n) is 8.82. The van der Waals surface area contributed by atoms with Gasteiger partial charge in [0.1, 0.15) is 0 Å². The van der Waals surface area contributed by atoms with Crippen LogP contribution >= 0.6 is 11.6 Å². The summed E-state index contributed by atoms with van der Waals surface area (Å²) >= 11 is 6.12. The molecular formula is C21H26ClN3O2. The number of nitrogens with one attached hydrogen (secondary N) is 1. The molecule has 0 fully saturated rings. The number of hydrogen-bond donors (Lipinski definition) is 1. The van der Waals surface area contributed by atoms with Gasteiger partial charge in [0.2, 0.25) is 0 Å². The van der Waals surface area contributed by atoms with Crippen LogP contribution in [0.4, 0.5) is 11.4 Å². The Labute approximate surface area is 166 Å². The number of benzene rings is 2. The average molecular weight is 388 g/mol. The maximum Gasteiger partial charge on any atom is 0.182 e. The second-order valence-electron chi connectivity index (χ2n) is 6.37. The molecule has 0 unspecified atom stereocenters. The van der Waals surface area contributed by atoms with Crippen LogP contribution in [0.25, 0.3) is 0 Å². The van der Waals surface area contributed by atoms with E-state index in [4.69, 9.17) is 16.3 Å². The molecule has 27 heavy (non-hydrogen) atoms. The van der Waals surface area contributed by atoms with Crippen molar-refractivity contribution in [2.24, 2.45) is 4.99 Å². The Morgan fingerprint density at radius 1 is 1.30 bits per heavy atom. The molecule has 0 heterocycles. The minimum absolute atomic E-state index is 0.00108. The number of rotatable bonds is 8. The van der Waals surface area contributed by atoms with Crippen LogP contribution in [0, 0.1) is 13.8 Å². The molecule has 0 saturated carbocycles. The fraction of sp³-hybridized carbons (Fsp3) is 0.333. The molecule has 0 aliphatic rings. The lowest BCUT2D eigenvalue weighted by Gasteiger charge is -2.14. The number of halogens is 1. The van der Waals surface area contributed by atoms with Crippen LogP contribution < -0.4 is 10.1 Å². The highest BCUT2D eigenvalue weighted by atomic mass is 35.5. The fourth-order valence-corrected chi connectivity index (χ4v) is 2.86. The number of nitrogens with zero attached hydrogens (tertiary/aromatic N) is 2. The predicted molar refractivity (Wildman–Crippen MR) is 113 cm³/mol. The van der Waals surface area contributed by atoms with Crippen LogP contribution in [-0.4, -0.2) is 44.3 Å². The van der Waals surface area contributed by atoms with Crippen LogP contribution in [0.1, 0.15) is 28.4 Å². The number of Topliss-reactive ketones (excluding diaryl/α,β-unsaturated/α-hetero) is 1. The Morgan fingerprint density at radius 3 is 2.70 bits per heavy atom. The van der Waals surface area contributed by atoms with Crippen molar-refractivity contribution >= 4 is 35.1 Å². The zero-order valence-electron chi connectivity index (χ0n) is 16.5. The molecule has 144 valence electrons. The van der Waals surface area contributed by atoms with Crippen LogP contribution in [0.3, 0.4) is 0 Å². The SMILES string of the molecule is CCN(C)C=Nc1cc(C)c(C(=O)CNc2cccc(Cl)c2OC)cc1C. The van der Waals surface area contributed by atoms with Crippen LogP contribution in [0.15, 0.2) is 35.3 Å². The van der Waals surface area contributed by atoms with Gasteiger partial charge in [-0.25, -0.2) is 4.99 Å². The summed E-state index contributed by atoms with van der Waals surface area (Å²) in [6, 6.07) is 9.23. The number of hydrogen-bond acceptors (Lipinski definition) is 4. The third kappa shape index (κ3) is 5.23. The first-order chi connectivity index (χ1) is 12.9. The number of aliphatic imine (C=N–C) groups is 1. The standard InChI is InChI=1S/C21H26ClN3O2/c1-6-25(4)13-24-19-11-14(2)16(10-15(19)3)20(26)12-23-18-9-7-8-17(22)21(18)27-5/h7-11,13,23H,6,12H2,1-5H3. The van der Waals surface area contributed by atoms with E-state index in [1.54, 1.807) is 19.5 Å². The molecule has 6 heteroatoms. The Bertz CT molecular complexity index is 850. The molecule has 5 nitrogen and oxygen atoms in total. The van der Waals surface area contributed by atoms with Gasteiger partial charge in [-0.1, -0.05) is 17.7 Å². The Morgan fingerprint density at radius 2 is 2.04 bits per heavy atom. The molecule has 0 atom stereocenters. The van der Waals surface area contributed by atoms with Gasteiger partial charge in [-0.3, -0.25) is 4.79 Å². The van der Waals surface area contributed by atoms with E-state index in [-0.39, 0.29) is 12.3 Å². The van der Waals surface area contributed by atoms with Gasteiger partial charge in [-0.15, -0.1) is 0 Å². The number of aryl methyl sites for hydroxylation is 2. The second-order valence-corrected chi connectivity index (χ2v) is 6.78. The van der Waals surface area contributed by atoms with Gasteiger partial charge < -0.3 is 15.0 Å². The maximum absolute atomic E-state index is 12.7. The second kappa shape index (κ2) is 9.42. The molecular weight excluding hydrogens is 362 g/mol. The average Bonchev–Trinajstić information content (AvgIpc) is 2.66. The third-order valence-corrected chi connectivity index (χ3v) is 4.64. The van der Waals surface area contributed by atoms with Gasteiger partial charge in [-0.05, 0) is 56.2 Å². The van der Waals surface area contributed by atoms with E-state index in [1.807, 2.05) is 50.1 Å². The number of ketones is 1. The van der Waals surface area contributed by atoms with Crippen molar-refractivity contribution in [3.63, 3.8) is 0 Å². The molecule has 0 bridgehead atoms. The molecule has 1 N–H and O–H groups in total. The molecule has 2 aromatic carbocycles. The number of anilines is 1. The van der Waals surface area contributed by atoms with Crippen LogP contribution in [0.5, 0.6) is 5.75 Å². The van der Waals surface area contributed by atoms with Gasteiger partial charge in [0.05, 0.1) is 36.4 Å². The molecule has 0 aliphatic carbocycles. The molecule has 0 aliphatic heterocycles. The van der Waals surface area contributed by atoms with E-state index in [0.717, 1.165) is 23.4 Å². The molecule has 0 radical (unpaired) electrons. The van der Waals surface area contributed by atoms with Crippen molar-refractivity contribution in [2.45, 2.75) is 20.8 Å². The predicted octanol–water partition coefficient (Wildman–Crippen LogP) is 4.87. The lowest BCUT2D eigenvalue weighted by molar-refractivity contribution is 0.101. The van der Waals surface area contributed by atoms with Crippen molar-refractivity contribution in [1.82, 2.24) is 4.90 Å². The quantitative estimate of drug-likeness (QED) is 0.398. The number of ether oxygens (including phenoxy) is 1. The summed E-state index contributed by atoms with van der Waals surface area (Å²) in [6.45, 7) is 6.99. The van der Waals surface area contributed by atoms with E-state index in [0.29, 0.717) is 22.0 Å². The van der Waals surface area contributed by atoms with E-state index in [9.17, 15) is 4.79 Å². The summed E-state index contributed by atoms with van der Waals surface area (Å²) < 4.78 is 5.30. The first-order valence-corrected chi connectivity index (χ1v) is 9.20. The largest absolute Gasteiger partial charge is 0.493 e. The zero-order chi connectivity index (χ0) is 20.0. The summed E-state index contributed by atoms with van der Waals surface area (Å²) in [6.07, 6.45) is 1.80. The first kappa shape index (κ1) is 20.8. The van der Waals surface area contributed by atoms with Crippen molar-refractivity contribution in [3.05, 3.63) is 52.0 Å². The van der Waals surface area contributed by atoms with Gasteiger partial charge in [0.25, 0.3) is 0 Å². The third-order valence-electron chi connectivity index (χ3n) is 4.35. The smallest absolute Gasteiger partial charge is 0.182 e. The minimum Gasteiger partial charge on any atom is -0.493 e. The summed E-state index contributed by atoms with van der Waals surface area (Å²) in [5, 5.41) is 3.62. The van der Waals surface area contributed by atoms with E-state index in [2.05, 4.69) is 17.2 Å². The minimum atomic E-state index is -0.00108. The Balaban J connectivity index is 2.16. The van der Waals surface area contributed by atoms with Gasteiger partial charge in [0, 0.05) is 19.2 Å². The fourth-order valence-electron chi connectivity index (χ4n) is 2.61. The van der Waals surface area contributed by atoms with Crippen molar-refractivity contribution in [3.8, 4) is 5.75 Å². The van der Waals surface area contributed by atoms with E-state index in [1.165, 1.54) is 0 Å². The van der Waals surface area contributed by atoms with Crippen molar-refractivity contribution < 1.29 is 9.53 Å². The van der Waals surface area contributed by atoms with Crippen LogP contribution in [-0.2, 0) is 0 Å². The maximum atomic E-state index is 12.7. The number of para-hydroxylation sites is 1. The zero-order valence-corrected chi connectivity index (χ0v) is 17.2. The summed E-state index contributed by atoms with van der Waals surface area (Å²) in [5.41, 5.74) is 4.11. The summed E-state index contributed by atoms with van der Waals surface area (Å²) in [5.74, 6) is 0.531. The highest BCUT2D eigenvalue weighted by Gasteiger charge is 2.13. The van der Waals surface area contributed by atoms with Crippen molar-refractivity contribution in [1.29, 1.82) is 0 Å². The number of methoxy groups -OCH3 is 1. The number of carbonyl (C=O) groups is 1. The molecule has 0 saturated heterocycles. The lowest BCUT2D eigenvalue weighted by Crippen LogP contribution is -2.16. The van der Waals surface area contributed by atoms with E-state index >= 15 is 0 Å². The van der Waals surface area contributed by atoms with Crippen molar-refractivity contribution in [2.75, 3.05) is 32.6 Å². The van der Waals surface area contributed by atoms with E-state index < -0.39 is 0 Å². The molecule has 2 aromatic rings. The highest BCUT2D eigenvalue weighted by Crippen LogP contribution is 2.32. The van der Waals surface area contributed by atoms with Gasteiger partial charge >= 0.3 is 0 Å². The molecule has 0 aromatic heterocycles. The number of carbonyl (C=O) groups excluding carboxylic acids is 1. The Kier molecular flexibility index (Phi) is 7.25. The normalized spacial score (nSPS) is 10.9. The molecule has 2 rings (SSSR count). The monoisotopic (exact) mass is 387 g/mol. The topological polar surface area (TPSA) is 53.9 Å². The van der Waals surface area contributed by atoms with Gasteiger partial charge in [-0.2, -0.15) is 0 Å².